The molecule has 0 bridgehead atoms. The van der Waals surface area contributed by atoms with Gasteiger partial charge in [0.1, 0.15) is 6.54 Å². The third-order valence-corrected chi connectivity index (χ3v) is 4.63. The molecule has 8 nitrogen and oxygen atoms in total. The Kier molecular flexibility index (Phi) is 9.66. The van der Waals surface area contributed by atoms with E-state index in [1.165, 1.54) is 13.2 Å². The minimum absolute atomic E-state index is 0.0807. The van der Waals surface area contributed by atoms with Crippen LogP contribution in [0, 0.1) is 5.82 Å². The average molecular weight is 410 g/mol. The molecule has 0 unspecified atom stereocenters. The summed E-state index contributed by atoms with van der Waals surface area (Å²) in [6, 6.07) is 5.08. The number of hydrogen-bond donors (Lipinski definition) is 2. The lowest BCUT2D eigenvalue weighted by atomic mass is 10.2. The van der Waals surface area contributed by atoms with E-state index in [-0.39, 0.29) is 24.0 Å². The molecule has 0 radical (unpaired) electrons. The molecule has 1 aromatic carbocycles. The molecule has 162 valence electrons. The quantitative estimate of drug-likeness (QED) is 0.355. The number of carbonyl (C=O) groups is 1. The van der Waals surface area contributed by atoms with Crippen LogP contribution in [0.3, 0.4) is 0 Å². The first-order valence-electron chi connectivity index (χ1n) is 9.91. The number of piperazine rings is 1. The van der Waals surface area contributed by atoms with E-state index < -0.39 is 0 Å². The molecule has 1 saturated heterocycles. The molecule has 2 rings (SSSR count). The van der Waals surface area contributed by atoms with Crippen molar-refractivity contribution in [1.82, 2.24) is 20.4 Å². The van der Waals surface area contributed by atoms with E-state index >= 15 is 0 Å². The van der Waals surface area contributed by atoms with Gasteiger partial charge in [0, 0.05) is 52.9 Å². The summed E-state index contributed by atoms with van der Waals surface area (Å²) in [7, 11) is 3.06. The van der Waals surface area contributed by atoms with Crippen LogP contribution in [-0.4, -0.2) is 88.3 Å². The van der Waals surface area contributed by atoms with Gasteiger partial charge in [-0.05, 0) is 24.6 Å². The van der Waals surface area contributed by atoms with E-state index in [0.29, 0.717) is 19.7 Å². The van der Waals surface area contributed by atoms with E-state index in [2.05, 4.69) is 25.4 Å². The molecule has 2 N–H and O–H groups in total. The molecule has 1 fully saturated rings. The summed E-state index contributed by atoms with van der Waals surface area (Å²) in [6.45, 7) is 7.70. The fourth-order valence-corrected chi connectivity index (χ4v) is 3.11. The van der Waals surface area contributed by atoms with Crippen molar-refractivity contribution in [2.45, 2.75) is 13.5 Å². The van der Waals surface area contributed by atoms with Gasteiger partial charge in [-0.25, -0.2) is 9.38 Å². The predicted octanol–water partition coefficient (Wildman–Crippen LogP) is 0.680. The number of hydrogen-bond acceptors (Lipinski definition) is 5. The zero-order chi connectivity index (χ0) is 21.1. The van der Waals surface area contributed by atoms with Gasteiger partial charge in [0.2, 0.25) is 5.91 Å². The van der Waals surface area contributed by atoms with Crippen LogP contribution in [0.15, 0.2) is 23.2 Å². The molecule has 1 aliphatic heterocycles. The molecule has 1 heterocycles. The lowest BCUT2D eigenvalue weighted by Gasteiger charge is -2.36. The van der Waals surface area contributed by atoms with Crippen molar-refractivity contribution in [2.75, 3.05) is 66.6 Å². The molecule has 0 atom stereocenters. The van der Waals surface area contributed by atoms with Crippen LogP contribution in [0.2, 0.25) is 0 Å². The summed E-state index contributed by atoms with van der Waals surface area (Å²) in [6.07, 6.45) is 0. The van der Waals surface area contributed by atoms with Gasteiger partial charge in [-0.1, -0.05) is 6.07 Å². The van der Waals surface area contributed by atoms with Crippen LogP contribution >= 0.6 is 0 Å². The van der Waals surface area contributed by atoms with Crippen LogP contribution in [0.4, 0.5) is 4.39 Å². The van der Waals surface area contributed by atoms with Gasteiger partial charge in [0.25, 0.3) is 0 Å². The second-order valence-electron chi connectivity index (χ2n) is 6.75. The molecular formula is C20H32FN5O3. The summed E-state index contributed by atoms with van der Waals surface area (Å²) in [5.41, 5.74) is 0.921. The standard InChI is InChI=1S/C20H32FN5O3/c1-4-22-20(24-14-19(27)23-7-12-28-2)26-10-8-25(9-11-26)15-16-5-6-18(29-3)17(21)13-16/h5-6,13H,4,7-12,14-15H2,1-3H3,(H,22,24)(H,23,27). The number of amides is 1. The maximum absolute atomic E-state index is 13.9. The molecule has 1 aliphatic rings. The number of methoxy groups -OCH3 is 2. The van der Waals surface area contributed by atoms with E-state index in [1.54, 1.807) is 13.2 Å². The van der Waals surface area contributed by atoms with E-state index in [1.807, 2.05) is 13.0 Å². The van der Waals surface area contributed by atoms with Gasteiger partial charge in [-0.3, -0.25) is 9.69 Å². The largest absolute Gasteiger partial charge is 0.494 e. The molecule has 0 spiro atoms. The minimum atomic E-state index is -0.339. The first-order valence-corrected chi connectivity index (χ1v) is 9.91. The number of rotatable bonds is 9. The molecule has 9 heteroatoms. The Balaban J connectivity index is 1.85. The molecule has 0 aliphatic carbocycles. The number of aliphatic imine (C=N–C) groups is 1. The van der Waals surface area contributed by atoms with E-state index in [0.717, 1.165) is 44.2 Å². The Hall–Kier alpha value is -2.39. The zero-order valence-electron chi connectivity index (χ0n) is 17.5. The van der Waals surface area contributed by atoms with Gasteiger partial charge in [-0.2, -0.15) is 0 Å². The van der Waals surface area contributed by atoms with Crippen molar-refractivity contribution in [2.24, 2.45) is 4.99 Å². The van der Waals surface area contributed by atoms with Crippen LogP contribution in [0.1, 0.15) is 12.5 Å². The van der Waals surface area contributed by atoms with Crippen LogP contribution in [-0.2, 0) is 16.1 Å². The number of benzene rings is 1. The maximum Gasteiger partial charge on any atom is 0.241 e. The second-order valence-corrected chi connectivity index (χ2v) is 6.75. The van der Waals surface area contributed by atoms with E-state index in [4.69, 9.17) is 9.47 Å². The first kappa shape index (κ1) is 22.9. The van der Waals surface area contributed by atoms with Crippen molar-refractivity contribution >= 4 is 11.9 Å². The second kappa shape index (κ2) is 12.2. The summed E-state index contributed by atoms with van der Waals surface area (Å²) >= 11 is 0. The maximum atomic E-state index is 13.9. The number of halogens is 1. The van der Waals surface area contributed by atoms with Crippen molar-refractivity contribution < 1.29 is 18.7 Å². The summed E-state index contributed by atoms with van der Waals surface area (Å²) < 4.78 is 23.8. The average Bonchev–Trinajstić information content (AvgIpc) is 2.72. The SMILES string of the molecule is CCNC(=NCC(=O)NCCOC)N1CCN(Cc2ccc(OC)c(F)c2)CC1. The molecular weight excluding hydrogens is 377 g/mol. The molecule has 1 amide bonds. The molecule has 0 saturated carbocycles. The Morgan fingerprint density at radius 3 is 2.59 bits per heavy atom. The Labute approximate surface area is 172 Å². The topological polar surface area (TPSA) is 78.4 Å². The van der Waals surface area contributed by atoms with Crippen LogP contribution < -0.4 is 15.4 Å². The molecule has 1 aromatic rings. The third-order valence-electron chi connectivity index (χ3n) is 4.63. The Morgan fingerprint density at radius 1 is 1.21 bits per heavy atom. The monoisotopic (exact) mass is 409 g/mol. The van der Waals surface area contributed by atoms with Crippen molar-refractivity contribution in [3.63, 3.8) is 0 Å². The Morgan fingerprint density at radius 2 is 1.97 bits per heavy atom. The third kappa shape index (κ3) is 7.51. The van der Waals surface area contributed by atoms with Gasteiger partial charge in [-0.15, -0.1) is 0 Å². The summed E-state index contributed by atoms with van der Waals surface area (Å²) in [5, 5.41) is 6.01. The number of nitrogens with zero attached hydrogens (tertiary/aromatic N) is 3. The zero-order valence-corrected chi connectivity index (χ0v) is 17.5. The highest BCUT2D eigenvalue weighted by Crippen LogP contribution is 2.19. The van der Waals surface area contributed by atoms with Crippen molar-refractivity contribution in [3.8, 4) is 5.75 Å². The molecule has 0 aromatic heterocycles. The highest BCUT2D eigenvalue weighted by atomic mass is 19.1. The smallest absolute Gasteiger partial charge is 0.241 e. The van der Waals surface area contributed by atoms with Gasteiger partial charge in [0.15, 0.2) is 17.5 Å². The molecule has 29 heavy (non-hydrogen) atoms. The lowest BCUT2D eigenvalue weighted by molar-refractivity contribution is -0.119. The normalized spacial score (nSPS) is 15.3. The highest BCUT2D eigenvalue weighted by Gasteiger charge is 2.20. The summed E-state index contributed by atoms with van der Waals surface area (Å²) in [4.78, 5) is 20.7. The number of nitrogens with one attached hydrogen (secondary N) is 2. The van der Waals surface area contributed by atoms with E-state index in [9.17, 15) is 9.18 Å². The van der Waals surface area contributed by atoms with Crippen LogP contribution in [0.25, 0.3) is 0 Å². The van der Waals surface area contributed by atoms with Crippen LogP contribution in [0.5, 0.6) is 5.75 Å². The Bertz CT molecular complexity index is 678. The highest BCUT2D eigenvalue weighted by molar-refractivity contribution is 5.85. The predicted molar refractivity (Wildman–Crippen MR) is 111 cm³/mol. The van der Waals surface area contributed by atoms with Gasteiger partial charge in [0.05, 0.1) is 13.7 Å². The van der Waals surface area contributed by atoms with Crippen molar-refractivity contribution in [3.05, 3.63) is 29.6 Å². The first-order chi connectivity index (χ1) is 14.1. The van der Waals surface area contributed by atoms with Gasteiger partial charge < -0.3 is 25.0 Å². The number of ether oxygens (including phenoxy) is 2. The minimum Gasteiger partial charge on any atom is -0.494 e. The summed E-state index contributed by atoms with van der Waals surface area (Å²) in [5.74, 6) is 0.535. The number of guanidine groups is 1. The van der Waals surface area contributed by atoms with Crippen molar-refractivity contribution in [1.29, 1.82) is 0 Å². The fourth-order valence-electron chi connectivity index (χ4n) is 3.11. The number of carbonyl (C=O) groups excluding carboxylic acids is 1. The van der Waals surface area contributed by atoms with Gasteiger partial charge >= 0.3 is 0 Å². The fraction of sp³-hybridized carbons (Fsp3) is 0.600. The lowest BCUT2D eigenvalue weighted by Crippen LogP contribution is -2.52.